The molecule has 1 aliphatic rings. The zero-order valence-corrected chi connectivity index (χ0v) is 16.3. The van der Waals surface area contributed by atoms with Crippen molar-refractivity contribution in [3.8, 4) is 0 Å². The Morgan fingerprint density at radius 1 is 1.24 bits per heavy atom. The van der Waals surface area contributed by atoms with Crippen molar-refractivity contribution in [2.75, 3.05) is 6.61 Å². The van der Waals surface area contributed by atoms with E-state index in [0.717, 1.165) is 27.6 Å². The Bertz CT molecular complexity index is 843. The van der Waals surface area contributed by atoms with Gasteiger partial charge in [0, 0.05) is 11.4 Å². The molecule has 0 spiro atoms. The van der Waals surface area contributed by atoms with Crippen molar-refractivity contribution in [3.05, 3.63) is 69.8 Å². The third kappa shape index (κ3) is 3.91. The maximum absolute atomic E-state index is 13.4. The summed E-state index contributed by atoms with van der Waals surface area (Å²) in [6.07, 6.45) is 4.29. The summed E-state index contributed by atoms with van der Waals surface area (Å²) in [6.45, 7) is 6.17. The van der Waals surface area contributed by atoms with Crippen LogP contribution in [-0.4, -0.2) is 12.7 Å². The highest BCUT2D eigenvalue weighted by Crippen LogP contribution is 2.53. The third-order valence-electron chi connectivity index (χ3n) is 4.43. The van der Waals surface area contributed by atoms with Crippen LogP contribution in [-0.2, 0) is 20.0 Å². The topological polar surface area (TPSA) is 35.5 Å². The largest absolute Gasteiger partial charge is 0.362 e. The Morgan fingerprint density at radius 2 is 1.96 bits per heavy atom. The molecule has 0 bridgehead atoms. The first kappa shape index (κ1) is 18.4. The molecule has 0 saturated carbocycles. The Hall–Kier alpha value is -1.38. The standard InChI is InChI=1S/C20H22ClO3P/c1-4-23-25(22)20-15(3)14(2)5-9-17(20)13-19(24-25)12-8-16-6-10-18(21)11-7-16/h5-12,19H,4,13H2,1-3H3/b12-8+. The SMILES string of the molecule is CCOP1(=O)OC(/C=C/c2ccc(Cl)cc2)Cc2ccc(C)c(C)c21. The van der Waals surface area contributed by atoms with Gasteiger partial charge in [-0.25, -0.2) is 0 Å². The molecule has 0 aromatic heterocycles. The van der Waals surface area contributed by atoms with E-state index < -0.39 is 7.60 Å². The Morgan fingerprint density at radius 3 is 2.64 bits per heavy atom. The molecule has 0 aliphatic carbocycles. The van der Waals surface area contributed by atoms with Gasteiger partial charge in [0.15, 0.2) is 0 Å². The summed E-state index contributed by atoms with van der Waals surface area (Å²) in [6, 6.07) is 11.7. The number of hydrogen-bond acceptors (Lipinski definition) is 3. The predicted octanol–water partition coefficient (Wildman–Crippen LogP) is 5.47. The van der Waals surface area contributed by atoms with Crippen molar-refractivity contribution in [1.29, 1.82) is 0 Å². The van der Waals surface area contributed by atoms with Crippen LogP contribution < -0.4 is 5.30 Å². The van der Waals surface area contributed by atoms with Gasteiger partial charge in [-0.2, -0.15) is 0 Å². The highest BCUT2D eigenvalue weighted by Gasteiger charge is 2.39. The Labute approximate surface area is 154 Å². The van der Waals surface area contributed by atoms with Gasteiger partial charge in [-0.15, -0.1) is 0 Å². The van der Waals surface area contributed by atoms with Crippen molar-refractivity contribution in [2.45, 2.75) is 33.3 Å². The molecule has 2 aromatic carbocycles. The molecule has 0 fully saturated rings. The molecule has 0 saturated heterocycles. The van der Waals surface area contributed by atoms with E-state index in [1.807, 2.05) is 63.3 Å². The first-order valence-electron chi connectivity index (χ1n) is 8.39. The van der Waals surface area contributed by atoms with E-state index >= 15 is 0 Å². The molecule has 2 unspecified atom stereocenters. The third-order valence-corrected chi connectivity index (χ3v) is 7.00. The summed E-state index contributed by atoms with van der Waals surface area (Å²) < 4.78 is 25.0. The van der Waals surface area contributed by atoms with E-state index in [0.29, 0.717) is 18.1 Å². The van der Waals surface area contributed by atoms with Crippen LogP contribution in [0.2, 0.25) is 5.02 Å². The lowest BCUT2D eigenvalue weighted by Crippen LogP contribution is -2.30. The summed E-state index contributed by atoms with van der Waals surface area (Å²) in [4.78, 5) is 0. The second kappa shape index (κ2) is 7.47. The molecule has 0 amide bonds. The fourth-order valence-corrected chi connectivity index (χ4v) is 5.42. The number of hydrogen-bond donors (Lipinski definition) is 0. The second-order valence-electron chi connectivity index (χ2n) is 6.19. The predicted molar refractivity (Wildman–Crippen MR) is 104 cm³/mol. The summed E-state index contributed by atoms with van der Waals surface area (Å²) in [7, 11) is -3.33. The second-order valence-corrected chi connectivity index (χ2v) is 8.54. The maximum Gasteiger partial charge on any atom is 0.362 e. The zero-order chi connectivity index (χ0) is 18.0. The monoisotopic (exact) mass is 376 g/mol. The molecule has 3 nitrogen and oxygen atoms in total. The van der Waals surface area contributed by atoms with Crippen molar-refractivity contribution in [1.82, 2.24) is 0 Å². The molecule has 3 rings (SSSR count). The lowest BCUT2D eigenvalue weighted by atomic mass is 10.0. The highest BCUT2D eigenvalue weighted by atomic mass is 35.5. The van der Waals surface area contributed by atoms with Crippen LogP contribution in [0.3, 0.4) is 0 Å². The molecule has 1 heterocycles. The van der Waals surface area contributed by atoms with Crippen molar-refractivity contribution in [3.63, 3.8) is 0 Å². The van der Waals surface area contributed by atoms with E-state index in [9.17, 15) is 4.57 Å². The average molecular weight is 377 g/mol. The fourth-order valence-electron chi connectivity index (χ4n) is 3.05. The molecule has 132 valence electrons. The summed E-state index contributed by atoms with van der Waals surface area (Å²) in [5, 5.41) is 1.44. The summed E-state index contributed by atoms with van der Waals surface area (Å²) in [5.74, 6) is 0. The first-order chi connectivity index (χ1) is 11.9. The normalized spacial score (nSPS) is 23.0. The number of benzene rings is 2. The van der Waals surface area contributed by atoms with Gasteiger partial charge in [0.2, 0.25) is 0 Å². The van der Waals surface area contributed by atoms with E-state index in [1.165, 1.54) is 0 Å². The molecular weight excluding hydrogens is 355 g/mol. The number of aryl methyl sites for hydroxylation is 1. The van der Waals surface area contributed by atoms with Crippen LogP contribution in [0.1, 0.15) is 29.2 Å². The summed E-state index contributed by atoms with van der Waals surface area (Å²) in [5.41, 5.74) is 4.15. The van der Waals surface area contributed by atoms with Gasteiger partial charge in [0.1, 0.15) is 0 Å². The average Bonchev–Trinajstić information content (AvgIpc) is 2.57. The smallest absolute Gasteiger partial charge is 0.305 e. The molecule has 0 N–H and O–H groups in total. The van der Waals surface area contributed by atoms with Crippen molar-refractivity contribution < 1.29 is 13.6 Å². The van der Waals surface area contributed by atoms with Gasteiger partial charge < -0.3 is 4.52 Å². The summed E-state index contributed by atoms with van der Waals surface area (Å²) >= 11 is 5.91. The lowest BCUT2D eigenvalue weighted by molar-refractivity contribution is 0.180. The van der Waals surface area contributed by atoms with E-state index in [4.69, 9.17) is 20.6 Å². The molecule has 5 heteroatoms. The molecular formula is C20H22ClO3P. The van der Waals surface area contributed by atoms with Crippen molar-refractivity contribution >= 4 is 30.6 Å². The maximum atomic E-state index is 13.4. The van der Waals surface area contributed by atoms with Gasteiger partial charge in [-0.3, -0.25) is 9.09 Å². The van der Waals surface area contributed by atoms with Crippen LogP contribution in [0.4, 0.5) is 0 Å². The van der Waals surface area contributed by atoms with Gasteiger partial charge in [0.05, 0.1) is 18.0 Å². The quantitative estimate of drug-likeness (QED) is 0.664. The molecule has 2 atom stereocenters. The van der Waals surface area contributed by atoms with Crippen LogP contribution in [0.5, 0.6) is 0 Å². The number of rotatable bonds is 4. The van der Waals surface area contributed by atoms with Crippen molar-refractivity contribution in [2.24, 2.45) is 0 Å². The van der Waals surface area contributed by atoms with Crippen LogP contribution in [0.25, 0.3) is 6.08 Å². The Balaban J connectivity index is 1.93. The fraction of sp³-hybridized carbons (Fsp3) is 0.300. The van der Waals surface area contributed by atoms with E-state index in [2.05, 4.69) is 6.07 Å². The minimum atomic E-state index is -3.33. The minimum absolute atomic E-state index is 0.289. The number of halogens is 1. The highest BCUT2D eigenvalue weighted by molar-refractivity contribution is 7.62. The number of fused-ring (bicyclic) bond motifs is 1. The van der Waals surface area contributed by atoms with E-state index in [-0.39, 0.29) is 6.10 Å². The molecule has 1 aliphatic heterocycles. The van der Waals surface area contributed by atoms with E-state index in [1.54, 1.807) is 0 Å². The van der Waals surface area contributed by atoms with Crippen LogP contribution in [0, 0.1) is 13.8 Å². The van der Waals surface area contributed by atoms with Gasteiger partial charge in [-0.1, -0.05) is 48.0 Å². The molecule has 25 heavy (non-hydrogen) atoms. The first-order valence-corrected chi connectivity index (χ1v) is 10.3. The van der Waals surface area contributed by atoms with Gasteiger partial charge in [-0.05, 0) is 55.2 Å². The molecule has 2 aromatic rings. The van der Waals surface area contributed by atoms with Crippen LogP contribution >= 0.6 is 19.2 Å². The minimum Gasteiger partial charge on any atom is -0.305 e. The van der Waals surface area contributed by atoms with Gasteiger partial charge >= 0.3 is 7.60 Å². The molecule has 0 radical (unpaired) electrons. The lowest BCUT2D eigenvalue weighted by Gasteiger charge is -2.31. The zero-order valence-electron chi connectivity index (χ0n) is 14.7. The van der Waals surface area contributed by atoms with Crippen LogP contribution in [0.15, 0.2) is 42.5 Å². The Kier molecular flexibility index (Phi) is 5.50. The van der Waals surface area contributed by atoms with Gasteiger partial charge in [0.25, 0.3) is 0 Å².